The van der Waals surface area contributed by atoms with Crippen LogP contribution in [-0.2, 0) is 9.59 Å². The molecule has 2 rings (SSSR count). The molecule has 2 aliphatic rings. The topological polar surface area (TPSA) is 101 Å². The highest BCUT2D eigenvalue weighted by Gasteiger charge is 2.36. The van der Waals surface area contributed by atoms with E-state index in [2.05, 4.69) is 11.8 Å². The second-order valence-electron chi connectivity index (χ2n) is 5.97. The number of nitrogens with zero attached hydrogens (tertiary/aromatic N) is 2. The molecule has 7 heteroatoms. The third-order valence-corrected chi connectivity index (χ3v) is 4.51. The average Bonchev–Trinajstić information content (AvgIpc) is 3.02. The number of likely N-dealkylation sites (N-methyl/N-ethyl adjacent to an activating group) is 1. The Bertz CT molecular complexity index is 341. The van der Waals surface area contributed by atoms with Crippen LogP contribution >= 0.6 is 0 Å². The number of amides is 1. The van der Waals surface area contributed by atoms with E-state index in [0.717, 1.165) is 32.4 Å². The SMILES string of the molecule is CCN1CCC[C@H]1C(=O)N1C[C@H](CO)C[C@H](CO)C1.O=CO. The van der Waals surface area contributed by atoms with Gasteiger partial charge < -0.3 is 20.2 Å². The van der Waals surface area contributed by atoms with Gasteiger partial charge in [0, 0.05) is 38.1 Å². The fourth-order valence-corrected chi connectivity index (χ4v) is 3.46. The van der Waals surface area contributed by atoms with E-state index >= 15 is 0 Å². The van der Waals surface area contributed by atoms with Crippen LogP contribution in [0.15, 0.2) is 0 Å². The monoisotopic (exact) mass is 316 g/mol. The highest BCUT2D eigenvalue weighted by atomic mass is 16.3. The molecule has 0 aromatic rings. The van der Waals surface area contributed by atoms with Gasteiger partial charge in [-0.05, 0) is 32.4 Å². The summed E-state index contributed by atoms with van der Waals surface area (Å²) in [5, 5.41) is 25.6. The van der Waals surface area contributed by atoms with Crippen molar-refractivity contribution in [3.05, 3.63) is 0 Å². The molecule has 0 spiro atoms. The van der Waals surface area contributed by atoms with Crippen LogP contribution in [0, 0.1) is 11.8 Å². The van der Waals surface area contributed by atoms with Gasteiger partial charge in [0.25, 0.3) is 6.47 Å². The van der Waals surface area contributed by atoms with E-state index in [1.54, 1.807) is 0 Å². The van der Waals surface area contributed by atoms with E-state index in [1.807, 2.05) is 4.90 Å². The molecule has 3 atom stereocenters. The summed E-state index contributed by atoms with van der Waals surface area (Å²) in [6.45, 7) is 5.24. The molecule has 0 saturated carbocycles. The molecule has 0 radical (unpaired) electrons. The van der Waals surface area contributed by atoms with Crippen molar-refractivity contribution in [3.8, 4) is 0 Å². The molecule has 0 bridgehead atoms. The van der Waals surface area contributed by atoms with Crippen molar-refractivity contribution < 1.29 is 24.9 Å². The van der Waals surface area contributed by atoms with E-state index in [-0.39, 0.29) is 43.5 Å². The number of likely N-dealkylation sites (tertiary alicyclic amines) is 2. The van der Waals surface area contributed by atoms with Crippen molar-refractivity contribution in [1.82, 2.24) is 9.80 Å². The van der Waals surface area contributed by atoms with Crippen LogP contribution in [0.5, 0.6) is 0 Å². The lowest BCUT2D eigenvalue weighted by molar-refractivity contribution is -0.139. The number of carboxylic acid groups (broad SMARTS) is 1. The number of aliphatic hydroxyl groups excluding tert-OH is 2. The first-order valence-corrected chi connectivity index (χ1v) is 7.93. The largest absolute Gasteiger partial charge is 0.483 e. The first-order valence-electron chi connectivity index (χ1n) is 7.93. The zero-order valence-corrected chi connectivity index (χ0v) is 13.2. The molecular weight excluding hydrogens is 288 g/mol. The lowest BCUT2D eigenvalue weighted by Gasteiger charge is -2.39. The zero-order chi connectivity index (χ0) is 16.5. The summed E-state index contributed by atoms with van der Waals surface area (Å²) in [4.78, 5) is 25.1. The molecule has 0 aromatic carbocycles. The molecule has 22 heavy (non-hydrogen) atoms. The Labute approximate surface area is 131 Å². The van der Waals surface area contributed by atoms with E-state index in [4.69, 9.17) is 9.90 Å². The first kappa shape index (κ1) is 18.9. The van der Waals surface area contributed by atoms with Gasteiger partial charge in [0.05, 0.1) is 6.04 Å². The van der Waals surface area contributed by atoms with Crippen molar-refractivity contribution in [2.24, 2.45) is 11.8 Å². The van der Waals surface area contributed by atoms with Gasteiger partial charge in [-0.3, -0.25) is 14.5 Å². The predicted octanol–water partition coefficient (Wildman–Crippen LogP) is -0.379. The Balaban J connectivity index is 0.000000745. The number of carbonyl (C=O) groups is 2. The van der Waals surface area contributed by atoms with Crippen LogP contribution in [0.3, 0.4) is 0 Å². The fraction of sp³-hybridized carbons (Fsp3) is 0.867. The molecule has 2 fully saturated rings. The van der Waals surface area contributed by atoms with Gasteiger partial charge in [-0.2, -0.15) is 0 Å². The standard InChI is InChI=1S/C14H26N2O3.CH2O2/c1-2-15-5-3-4-13(15)14(19)16-7-11(9-17)6-12(8-16)10-18;2-1-3/h11-13,17-18H,2-10H2,1H3;1H,(H,2,3)/t11-,12+,13-;/m0./s1. The van der Waals surface area contributed by atoms with Gasteiger partial charge >= 0.3 is 0 Å². The summed E-state index contributed by atoms with van der Waals surface area (Å²) >= 11 is 0. The number of piperidine rings is 1. The molecule has 128 valence electrons. The first-order chi connectivity index (χ1) is 10.6. The Morgan fingerprint density at radius 1 is 1.23 bits per heavy atom. The van der Waals surface area contributed by atoms with Crippen LogP contribution in [0.4, 0.5) is 0 Å². The van der Waals surface area contributed by atoms with Crippen molar-refractivity contribution in [1.29, 1.82) is 0 Å². The van der Waals surface area contributed by atoms with Gasteiger partial charge in [-0.1, -0.05) is 6.92 Å². The Kier molecular flexibility index (Phi) is 8.37. The van der Waals surface area contributed by atoms with Crippen LogP contribution < -0.4 is 0 Å². The minimum Gasteiger partial charge on any atom is -0.483 e. The summed E-state index contributed by atoms with van der Waals surface area (Å²) in [5.74, 6) is 0.425. The van der Waals surface area contributed by atoms with Crippen LogP contribution in [0.1, 0.15) is 26.2 Å². The number of hydrogen-bond acceptors (Lipinski definition) is 5. The third-order valence-electron chi connectivity index (χ3n) is 4.51. The van der Waals surface area contributed by atoms with Gasteiger partial charge in [-0.25, -0.2) is 0 Å². The molecule has 2 heterocycles. The Hall–Kier alpha value is -1.18. The van der Waals surface area contributed by atoms with E-state index in [9.17, 15) is 15.0 Å². The Morgan fingerprint density at radius 2 is 1.77 bits per heavy atom. The molecule has 7 nitrogen and oxygen atoms in total. The molecule has 1 amide bonds. The van der Waals surface area contributed by atoms with E-state index in [0.29, 0.717) is 13.1 Å². The normalized spacial score (nSPS) is 28.9. The van der Waals surface area contributed by atoms with Gasteiger partial charge in [0.2, 0.25) is 5.91 Å². The van der Waals surface area contributed by atoms with Crippen LogP contribution in [0.2, 0.25) is 0 Å². The van der Waals surface area contributed by atoms with Crippen molar-refractivity contribution >= 4 is 12.4 Å². The summed E-state index contributed by atoms with van der Waals surface area (Å²) in [6.07, 6.45) is 2.85. The molecule has 0 unspecified atom stereocenters. The summed E-state index contributed by atoms with van der Waals surface area (Å²) in [5.41, 5.74) is 0. The maximum Gasteiger partial charge on any atom is 0.290 e. The molecule has 0 aliphatic carbocycles. The molecule has 2 aliphatic heterocycles. The summed E-state index contributed by atoms with van der Waals surface area (Å²) in [7, 11) is 0. The molecule has 2 saturated heterocycles. The van der Waals surface area contributed by atoms with Crippen LogP contribution in [-0.4, -0.2) is 82.9 Å². The average molecular weight is 316 g/mol. The summed E-state index contributed by atoms with van der Waals surface area (Å²) in [6, 6.07) is 0.0155. The van der Waals surface area contributed by atoms with Crippen LogP contribution in [0.25, 0.3) is 0 Å². The lowest BCUT2D eigenvalue weighted by Crippen LogP contribution is -2.52. The maximum absolute atomic E-state index is 12.6. The van der Waals surface area contributed by atoms with Crippen molar-refractivity contribution in [2.75, 3.05) is 39.4 Å². The highest BCUT2D eigenvalue weighted by Crippen LogP contribution is 2.25. The predicted molar refractivity (Wildman–Crippen MR) is 81.3 cm³/mol. The third kappa shape index (κ3) is 4.93. The molecular formula is C15H28N2O5. The lowest BCUT2D eigenvalue weighted by atomic mass is 9.89. The fourth-order valence-electron chi connectivity index (χ4n) is 3.46. The quantitative estimate of drug-likeness (QED) is 0.611. The molecule has 3 N–H and O–H groups in total. The number of rotatable bonds is 4. The van der Waals surface area contributed by atoms with E-state index in [1.165, 1.54) is 0 Å². The number of hydrogen-bond donors (Lipinski definition) is 3. The number of carbonyl (C=O) groups excluding carboxylic acids is 1. The number of aliphatic hydroxyl groups is 2. The van der Waals surface area contributed by atoms with Gasteiger partial charge in [0.1, 0.15) is 0 Å². The zero-order valence-electron chi connectivity index (χ0n) is 13.2. The van der Waals surface area contributed by atoms with Gasteiger partial charge in [-0.15, -0.1) is 0 Å². The van der Waals surface area contributed by atoms with Gasteiger partial charge in [0.15, 0.2) is 0 Å². The van der Waals surface area contributed by atoms with Crippen molar-refractivity contribution in [3.63, 3.8) is 0 Å². The second-order valence-corrected chi connectivity index (χ2v) is 5.97. The Morgan fingerprint density at radius 3 is 2.23 bits per heavy atom. The highest BCUT2D eigenvalue weighted by molar-refractivity contribution is 5.82. The molecule has 0 aromatic heterocycles. The second kappa shape index (κ2) is 9.76. The van der Waals surface area contributed by atoms with Crippen molar-refractivity contribution in [2.45, 2.75) is 32.2 Å². The summed E-state index contributed by atoms with van der Waals surface area (Å²) < 4.78 is 0. The minimum atomic E-state index is -0.250. The van der Waals surface area contributed by atoms with E-state index < -0.39 is 0 Å². The maximum atomic E-state index is 12.6. The minimum absolute atomic E-state index is 0.0155. The smallest absolute Gasteiger partial charge is 0.290 e.